The minimum atomic E-state index is -0.365. The van der Waals surface area contributed by atoms with E-state index in [1.807, 2.05) is 18.2 Å². The zero-order valence-electron chi connectivity index (χ0n) is 8.23. The number of aromatic nitrogens is 1. The quantitative estimate of drug-likeness (QED) is 0.826. The van der Waals surface area contributed by atoms with Crippen LogP contribution in [-0.2, 0) is 4.79 Å². The highest BCUT2D eigenvalue weighted by Crippen LogP contribution is 2.22. The van der Waals surface area contributed by atoms with Crippen molar-refractivity contribution in [2.24, 2.45) is 5.73 Å². The van der Waals surface area contributed by atoms with Crippen LogP contribution < -0.4 is 11.1 Å². The van der Waals surface area contributed by atoms with Crippen LogP contribution in [0.15, 0.2) is 23.7 Å². The zero-order chi connectivity index (χ0) is 10.8. The highest BCUT2D eigenvalue weighted by molar-refractivity contribution is 7.16. The summed E-state index contributed by atoms with van der Waals surface area (Å²) in [4.78, 5) is 15.0. The number of fused-ring (bicyclic) bond motifs is 1. The molecule has 0 radical (unpaired) electrons. The molecule has 0 spiro atoms. The molecule has 0 saturated carbocycles. The van der Waals surface area contributed by atoms with Crippen molar-refractivity contribution in [2.75, 3.05) is 5.32 Å². The summed E-state index contributed by atoms with van der Waals surface area (Å²) in [5.74, 6) is -0.362. The number of thiazole rings is 1. The second-order valence-corrected chi connectivity index (χ2v) is 4.19. The van der Waals surface area contributed by atoms with Crippen LogP contribution in [0.2, 0.25) is 0 Å². The summed E-state index contributed by atoms with van der Waals surface area (Å²) >= 11 is 1.57. The van der Waals surface area contributed by atoms with Gasteiger partial charge < -0.3 is 11.1 Å². The van der Waals surface area contributed by atoms with Crippen LogP contribution in [0.4, 0.5) is 5.69 Å². The van der Waals surface area contributed by atoms with Gasteiger partial charge in [-0.25, -0.2) is 4.98 Å². The number of anilines is 1. The van der Waals surface area contributed by atoms with Gasteiger partial charge in [-0.1, -0.05) is 0 Å². The lowest BCUT2D eigenvalue weighted by Gasteiger charge is -2.11. The molecule has 0 saturated heterocycles. The fourth-order valence-electron chi connectivity index (χ4n) is 1.27. The van der Waals surface area contributed by atoms with E-state index in [1.54, 1.807) is 23.8 Å². The Morgan fingerprint density at radius 3 is 3.13 bits per heavy atom. The van der Waals surface area contributed by atoms with E-state index in [9.17, 15) is 4.79 Å². The molecule has 0 bridgehead atoms. The molecule has 1 atom stereocenters. The smallest absolute Gasteiger partial charge is 0.239 e. The minimum Gasteiger partial charge on any atom is -0.374 e. The molecule has 1 heterocycles. The molecular weight excluding hydrogens is 210 g/mol. The van der Waals surface area contributed by atoms with Crippen molar-refractivity contribution in [3.8, 4) is 0 Å². The number of carbonyl (C=O) groups is 1. The van der Waals surface area contributed by atoms with Gasteiger partial charge in [0, 0.05) is 5.69 Å². The monoisotopic (exact) mass is 221 g/mol. The van der Waals surface area contributed by atoms with E-state index >= 15 is 0 Å². The average Bonchev–Trinajstić information content (AvgIpc) is 2.64. The lowest BCUT2D eigenvalue weighted by Crippen LogP contribution is -2.32. The Morgan fingerprint density at radius 1 is 1.60 bits per heavy atom. The van der Waals surface area contributed by atoms with Gasteiger partial charge in [0.15, 0.2) is 0 Å². The number of primary amides is 1. The van der Waals surface area contributed by atoms with Crippen molar-refractivity contribution in [3.05, 3.63) is 23.7 Å². The van der Waals surface area contributed by atoms with E-state index in [1.165, 1.54) is 0 Å². The van der Waals surface area contributed by atoms with Gasteiger partial charge in [0.2, 0.25) is 5.91 Å². The summed E-state index contributed by atoms with van der Waals surface area (Å²) < 4.78 is 1.09. The molecule has 5 heteroatoms. The predicted octanol–water partition coefficient (Wildman–Crippen LogP) is 1.58. The van der Waals surface area contributed by atoms with Crippen LogP contribution in [0, 0.1) is 0 Å². The van der Waals surface area contributed by atoms with E-state index in [0.29, 0.717) is 0 Å². The summed E-state index contributed by atoms with van der Waals surface area (Å²) in [6.07, 6.45) is 0. The number of nitrogens with one attached hydrogen (secondary N) is 1. The number of hydrogen-bond donors (Lipinski definition) is 2. The van der Waals surface area contributed by atoms with Crippen LogP contribution in [0.1, 0.15) is 6.92 Å². The molecule has 15 heavy (non-hydrogen) atoms. The molecule has 3 N–H and O–H groups in total. The maximum Gasteiger partial charge on any atom is 0.239 e. The van der Waals surface area contributed by atoms with Gasteiger partial charge in [-0.2, -0.15) is 0 Å². The van der Waals surface area contributed by atoms with E-state index in [4.69, 9.17) is 5.73 Å². The molecule has 2 aromatic rings. The Morgan fingerprint density at radius 2 is 2.40 bits per heavy atom. The lowest BCUT2D eigenvalue weighted by molar-refractivity contribution is -0.118. The van der Waals surface area contributed by atoms with Crippen molar-refractivity contribution in [1.82, 2.24) is 4.98 Å². The molecule has 1 amide bonds. The van der Waals surface area contributed by atoms with Gasteiger partial charge in [-0.15, -0.1) is 11.3 Å². The fourth-order valence-corrected chi connectivity index (χ4v) is 1.98. The first-order valence-corrected chi connectivity index (χ1v) is 5.44. The average molecular weight is 221 g/mol. The van der Waals surface area contributed by atoms with Crippen molar-refractivity contribution < 1.29 is 4.79 Å². The first-order chi connectivity index (χ1) is 7.16. The first kappa shape index (κ1) is 9.92. The van der Waals surface area contributed by atoms with Gasteiger partial charge in [0.1, 0.15) is 6.04 Å². The molecule has 1 aromatic carbocycles. The predicted molar refractivity (Wildman–Crippen MR) is 61.9 cm³/mol. The molecule has 0 aliphatic rings. The highest BCUT2D eigenvalue weighted by atomic mass is 32.1. The maximum atomic E-state index is 10.9. The van der Waals surface area contributed by atoms with Gasteiger partial charge >= 0.3 is 0 Å². The van der Waals surface area contributed by atoms with Crippen LogP contribution >= 0.6 is 11.3 Å². The normalized spacial score (nSPS) is 12.6. The summed E-state index contributed by atoms with van der Waals surface area (Å²) in [6, 6.07) is 5.41. The number of rotatable bonds is 3. The number of nitrogens with two attached hydrogens (primary N) is 1. The third kappa shape index (κ3) is 2.07. The van der Waals surface area contributed by atoms with Gasteiger partial charge in [0.05, 0.1) is 15.7 Å². The summed E-state index contributed by atoms with van der Waals surface area (Å²) in [6.45, 7) is 1.74. The second kappa shape index (κ2) is 3.86. The Labute approximate surface area is 91.1 Å². The third-order valence-electron chi connectivity index (χ3n) is 2.14. The Bertz CT molecular complexity index is 494. The van der Waals surface area contributed by atoms with Crippen molar-refractivity contribution in [3.63, 3.8) is 0 Å². The van der Waals surface area contributed by atoms with E-state index < -0.39 is 0 Å². The molecule has 1 aromatic heterocycles. The minimum absolute atomic E-state index is 0.362. The molecule has 0 fully saturated rings. The zero-order valence-corrected chi connectivity index (χ0v) is 9.04. The third-order valence-corrected chi connectivity index (χ3v) is 2.93. The van der Waals surface area contributed by atoms with Crippen LogP contribution in [-0.4, -0.2) is 16.9 Å². The van der Waals surface area contributed by atoms with Crippen molar-refractivity contribution in [2.45, 2.75) is 13.0 Å². The molecule has 78 valence electrons. The summed E-state index contributed by atoms with van der Waals surface area (Å²) in [7, 11) is 0. The SMILES string of the molecule is CC(Nc1ccc2ncsc2c1)C(N)=O. The Hall–Kier alpha value is -1.62. The topological polar surface area (TPSA) is 68.0 Å². The molecule has 2 rings (SSSR count). The van der Waals surface area contributed by atoms with Crippen LogP contribution in [0.25, 0.3) is 10.2 Å². The van der Waals surface area contributed by atoms with Crippen molar-refractivity contribution in [1.29, 1.82) is 0 Å². The number of nitrogens with zero attached hydrogens (tertiary/aromatic N) is 1. The first-order valence-electron chi connectivity index (χ1n) is 4.56. The van der Waals surface area contributed by atoms with Crippen molar-refractivity contribution >= 4 is 33.1 Å². The van der Waals surface area contributed by atoms with Crippen LogP contribution in [0.5, 0.6) is 0 Å². The highest BCUT2D eigenvalue weighted by Gasteiger charge is 2.08. The van der Waals surface area contributed by atoms with E-state index in [2.05, 4.69) is 10.3 Å². The van der Waals surface area contributed by atoms with Crippen LogP contribution in [0.3, 0.4) is 0 Å². The summed E-state index contributed by atoms with van der Waals surface area (Å²) in [5.41, 5.74) is 8.82. The molecule has 4 nitrogen and oxygen atoms in total. The van der Waals surface area contributed by atoms with E-state index in [-0.39, 0.29) is 11.9 Å². The maximum absolute atomic E-state index is 10.9. The number of benzene rings is 1. The van der Waals surface area contributed by atoms with Gasteiger partial charge in [-0.05, 0) is 25.1 Å². The molecular formula is C10H11N3OS. The molecule has 0 aliphatic carbocycles. The number of carbonyl (C=O) groups excluding carboxylic acids is 1. The van der Waals surface area contributed by atoms with E-state index in [0.717, 1.165) is 15.9 Å². The standard InChI is InChI=1S/C10H11N3OS/c1-6(10(11)14)13-7-2-3-8-9(4-7)15-5-12-8/h2-6,13H,1H3,(H2,11,14). The Balaban J connectivity index is 2.24. The lowest BCUT2D eigenvalue weighted by atomic mass is 10.2. The second-order valence-electron chi connectivity index (χ2n) is 3.30. The summed E-state index contributed by atoms with van der Waals surface area (Å²) in [5, 5.41) is 3.03. The fraction of sp³-hybridized carbons (Fsp3) is 0.200. The molecule has 1 unspecified atom stereocenters. The number of amides is 1. The van der Waals surface area contributed by atoms with Gasteiger partial charge in [-0.3, -0.25) is 4.79 Å². The number of hydrogen-bond acceptors (Lipinski definition) is 4. The Kier molecular flexibility index (Phi) is 2.55. The van der Waals surface area contributed by atoms with Gasteiger partial charge in [0.25, 0.3) is 0 Å². The molecule has 0 aliphatic heterocycles. The largest absolute Gasteiger partial charge is 0.374 e.